The molecular formula is C14H16OS. The quantitative estimate of drug-likeness (QED) is 0.734. The van der Waals surface area contributed by atoms with E-state index < -0.39 is 0 Å². The van der Waals surface area contributed by atoms with Crippen molar-refractivity contribution in [3.63, 3.8) is 0 Å². The lowest BCUT2D eigenvalue weighted by molar-refractivity contribution is 0.414. The highest BCUT2D eigenvalue weighted by molar-refractivity contribution is 8.00. The van der Waals surface area contributed by atoms with Crippen LogP contribution in [0, 0.1) is 11.8 Å². The zero-order valence-corrected chi connectivity index (χ0v) is 10.2. The minimum Gasteiger partial charge on any atom is -0.497 e. The summed E-state index contributed by atoms with van der Waals surface area (Å²) in [5.74, 6) is 2.62. The minimum atomic E-state index is 0.795. The van der Waals surface area contributed by atoms with Gasteiger partial charge in [-0.3, -0.25) is 0 Å². The van der Waals surface area contributed by atoms with E-state index in [2.05, 4.69) is 24.3 Å². The number of hydrogen-bond donors (Lipinski definition) is 0. The topological polar surface area (TPSA) is 9.23 Å². The van der Waals surface area contributed by atoms with Crippen molar-refractivity contribution in [1.29, 1.82) is 0 Å². The van der Waals surface area contributed by atoms with Crippen molar-refractivity contribution in [2.45, 2.75) is 23.0 Å². The molecule has 16 heavy (non-hydrogen) atoms. The fourth-order valence-electron chi connectivity index (χ4n) is 2.69. The smallest absolute Gasteiger partial charge is 0.118 e. The van der Waals surface area contributed by atoms with Crippen molar-refractivity contribution < 1.29 is 4.74 Å². The van der Waals surface area contributed by atoms with Crippen molar-refractivity contribution in [3.8, 4) is 5.75 Å². The molecule has 1 aromatic rings. The van der Waals surface area contributed by atoms with Crippen LogP contribution in [0.3, 0.4) is 0 Å². The van der Waals surface area contributed by atoms with E-state index >= 15 is 0 Å². The molecule has 1 aromatic carbocycles. The van der Waals surface area contributed by atoms with Gasteiger partial charge in [-0.25, -0.2) is 0 Å². The summed E-state index contributed by atoms with van der Waals surface area (Å²) in [6.45, 7) is 0. The van der Waals surface area contributed by atoms with E-state index in [0.29, 0.717) is 0 Å². The Bertz CT molecular complexity index is 396. The molecule has 2 aliphatic rings. The highest BCUT2D eigenvalue weighted by Gasteiger charge is 2.35. The van der Waals surface area contributed by atoms with Crippen LogP contribution in [-0.4, -0.2) is 12.4 Å². The van der Waals surface area contributed by atoms with Gasteiger partial charge in [0.15, 0.2) is 0 Å². The van der Waals surface area contributed by atoms with E-state index in [-0.39, 0.29) is 0 Å². The van der Waals surface area contributed by atoms with Crippen LogP contribution in [0.1, 0.15) is 12.8 Å². The predicted octanol–water partition coefficient (Wildman–Crippen LogP) is 3.75. The molecule has 0 amide bonds. The number of fused-ring (bicyclic) bond motifs is 2. The Labute approximate surface area is 101 Å². The van der Waals surface area contributed by atoms with Crippen molar-refractivity contribution in [2.75, 3.05) is 7.11 Å². The second-order valence-electron chi connectivity index (χ2n) is 4.61. The van der Waals surface area contributed by atoms with E-state index in [0.717, 1.165) is 22.8 Å². The van der Waals surface area contributed by atoms with Gasteiger partial charge in [0.05, 0.1) is 7.11 Å². The minimum absolute atomic E-state index is 0.795. The van der Waals surface area contributed by atoms with Gasteiger partial charge in [-0.15, -0.1) is 11.8 Å². The second-order valence-corrected chi connectivity index (χ2v) is 5.92. The van der Waals surface area contributed by atoms with E-state index in [4.69, 9.17) is 4.74 Å². The van der Waals surface area contributed by atoms with Crippen molar-refractivity contribution in [3.05, 3.63) is 36.4 Å². The Balaban J connectivity index is 1.68. The van der Waals surface area contributed by atoms with Crippen LogP contribution in [0.4, 0.5) is 0 Å². The van der Waals surface area contributed by atoms with Crippen LogP contribution in [0.5, 0.6) is 5.75 Å². The molecule has 0 spiro atoms. The number of rotatable bonds is 3. The molecule has 0 aromatic heterocycles. The van der Waals surface area contributed by atoms with Gasteiger partial charge in [0.2, 0.25) is 0 Å². The van der Waals surface area contributed by atoms with Crippen LogP contribution in [0.25, 0.3) is 0 Å². The van der Waals surface area contributed by atoms with E-state index in [1.807, 2.05) is 23.9 Å². The number of thioether (sulfide) groups is 1. The van der Waals surface area contributed by atoms with Crippen molar-refractivity contribution in [1.82, 2.24) is 0 Å². The van der Waals surface area contributed by atoms with Gasteiger partial charge in [-0.05, 0) is 48.9 Å². The van der Waals surface area contributed by atoms with Gasteiger partial charge >= 0.3 is 0 Å². The third-order valence-corrected chi connectivity index (χ3v) is 4.95. The summed E-state index contributed by atoms with van der Waals surface area (Å²) in [4.78, 5) is 1.37. The van der Waals surface area contributed by atoms with Crippen LogP contribution in [0.2, 0.25) is 0 Å². The molecule has 2 bridgehead atoms. The monoisotopic (exact) mass is 232 g/mol. The SMILES string of the molecule is COc1ccc(S[C@@H]2C[C@@H]3C=C[C@H]2C3)cc1. The summed E-state index contributed by atoms with van der Waals surface area (Å²) in [5.41, 5.74) is 0. The normalized spacial score (nSPS) is 30.9. The van der Waals surface area contributed by atoms with Crippen LogP contribution >= 0.6 is 11.8 Å². The lowest BCUT2D eigenvalue weighted by Crippen LogP contribution is -2.08. The van der Waals surface area contributed by atoms with Gasteiger partial charge in [-0.2, -0.15) is 0 Å². The predicted molar refractivity (Wildman–Crippen MR) is 68.0 cm³/mol. The van der Waals surface area contributed by atoms with Gasteiger partial charge in [-0.1, -0.05) is 12.2 Å². The first-order valence-electron chi connectivity index (χ1n) is 5.84. The maximum Gasteiger partial charge on any atom is 0.118 e. The zero-order chi connectivity index (χ0) is 11.0. The average Bonchev–Trinajstić information content (AvgIpc) is 2.92. The van der Waals surface area contributed by atoms with Crippen LogP contribution < -0.4 is 4.74 Å². The van der Waals surface area contributed by atoms with Crippen molar-refractivity contribution >= 4 is 11.8 Å². The molecule has 0 radical (unpaired) electrons. The number of ether oxygens (including phenoxy) is 1. The molecule has 3 atom stereocenters. The third kappa shape index (κ3) is 1.86. The summed E-state index contributed by atoms with van der Waals surface area (Å²) in [6, 6.07) is 8.43. The van der Waals surface area contributed by atoms with Crippen LogP contribution in [0.15, 0.2) is 41.3 Å². The second kappa shape index (κ2) is 4.17. The first kappa shape index (κ1) is 10.3. The first-order chi connectivity index (χ1) is 7.85. The Hall–Kier alpha value is -0.890. The Morgan fingerprint density at radius 3 is 2.50 bits per heavy atom. The van der Waals surface area contributed by atoms with E-state index in [1.54, 1.807) is 7.11 Å². The van der Waals surface area contributed by atoms with Gasteiger partial charge in [0.1, 0.15) is 5.75 Å². The average molecular weight is 232 g/mol. The Morgan fingerprint density at radius 2 is 1.94 bits per heavy atom. The van der Waals surface area contributed by atoms with Crippen molar-refractivity contribution in [2.24, 2.45) is 11.8 Å². The number of methoxy groups -OCH3 is 1. The van der Waals surface area contributed by atoms with E-state index in [1.165, 1.54) is 17.7 Å². The summed E-state index contributed by atoms with van der Waals surface area (Å²) in [6.07, 6.45) is 7.55. The summed E-state index contributed by atoms with van der Waals surface area (Å²) in [7, 11) is 1.71. The molecule has 0 heterocycles. The zero-order valence-electron chi connectivity index (χ0n) is 9.43. The maximum atomic E-state index is 5.17. The molecule has 0 aliphatic heterocycles. The molecule has 1 fully saturated rings. The Morgan fingerprint density at radius 1 is 1.12 bits per heavy atom. The standard InChI is InChI=1S/C14H16OS/c1-15-12-4-6-13(7-5-12)16-14-9-10-2-3-11(14)8-10/h2-7,10-11,14H,8-9H2,1H3/t10-,11+,14-/m1/s1. The molecule has 1 nitrogen and oxygen atoms in total. The summed E-state index contributed by atoms with van der Waals surface area (Å²) < 4.78 is 5.17. The lowest BCUT2D eigenvalue weighted by Gasteiger charge is -2.17. The number of benzene rings is 1. The van der Waals surface area contributed by atoms with Crippen LogP contribution in [-0.2, 0) is 0 Å². The molecule has 3 rings (SSSR count). The largest absolute Gasteiger partial charge is 0.497 e. The first-order valence-corrected chi connectivity index (χ1v) is 6.72. The molecule has 2 aliphatic carbocycles. The summed E-state index contributed by atoms with van der Waals surface area (Å²) in [5, 5.41) is 0.795. The summed E-state index contributed by atoms with van der Waals surface area (Å²) >= 11 is 2.03. The number of allylic oxidation sites excluding steroid dienone is 2. The van der Waals surface area contributed by atoms with Gasteiger partial charge < -0.3 is 4.74 Å². The molecule has 0 saturated heterocycles. The number of hydrogen-bond acceptors (Lipinski definition) is 2. The molecular weight excluding hydrogens is 216 g/mol. The van der Waals surface area contributed by atoms with Gasteiger partial charge in [0, 0.05) is 10.1 Å². The highest BCUT2D eigenvalue weighted by Crippen LogP contribution is 2.47. The molecule has 2 heteroatoms. The van der Waals surface area contributed by atoms with E-state index in [9.17, 15) is 0 Å². The fourth-order valence-corrected chi connectivity index (χ4v) is 4.06. The molecule has 84 valence electrons. The molecule has 0 N–H and O–H groups in total. The fraction of sp³-hybridized carbons (Fsp3) is 0.429. The molecule has 0 unspecified atom stereocenters. The lowest BCUT2D eigenvalue weighted by atomic mass is 10.1. The van der Waals surface area contributed by atoms with Gasteiger partial charge in [0.25, 0.3) is 0 Å². The highest BCUT2D eigenvalue weighted by atomic mass is 32.2. The third-order valence-electron chi connectivity index (χ3n) is 3.56. The molecule has 1 saturated carbocycles. The Kier molecular flexibility index (Phi) is 2.68. The maximum absolute atomic E-state index is 5.17.